The van der Waals surface area contributed by atoms with E-state index in [9.17, 15) is 14.7 Å². The van der Waals surface area contributed by atoms with Crippen LogP contribution in [0.3, 0.4) is 0 Å². The third-order valence-electron chi connectivity index (χ3n) is 3.11. The van der Waals surface area contributed by atoms with Gasteiger partial charge in [0.25, 0.3) is 0 Å². The van der Waals surface area contributed by atoms with E-state index in [-0.39, 0.29) is 34.8 Å². The molecule has 1 N–H and O–H groups in total. The van der Waals surface area contributed by atoms with Crippen LogP contribution in [0.1, 0.15) is 30.6 Å². The van der Waals surface area contributed by atoms with Crippen LogP contribution < -0.4 is 10.4 Å². The molecule has 3 rings (SSSR count). The SMILES string of the molecule is CC1(C)CC(=O)c2c(cc3oc(=O)ccc3c2O)O1. The lowest BCUT2D eigenvalue weighted by molar-refractivity contribution is 0.0615. The van der Waals surface area contributed by atoms with Crippen LogP contribution in [-0.4, -0.2) is 16.5 Å². The normalized spacial score (nSPS) is 17.1. The van der Waals surface area contributed by atoms with Gasteiger partial charge in [-0.05, 0) is 19.9 Å². The molecule has 0 saturated carbocycles. The van der Waals surface area contributed by atoms with Crippen LogP contribution in [0.2, 0.25) is 0 Å². The van der Waals surface area contributed by atoms with E-state index < -0.39 is 11.2 Å². The predicted octanol–water partition coefficient (Wildman–Crippen LogP) is 2.24. The number of rotatable bonds is 0. The van der Waals surface area contributed by atoms with Gasteiger partial charge in [-0.25, -0.2) is 4.79 Å². The molecule has 1 aliphatic heterocycles. The summed E-state index contributed by atoms with van der Waals surface area (Å²) in [6, 6.07) is 4.11. The van der Waals surface area contributed by atoms with Crippen LogP contribution in [0.25, 0.3) is 11.0 Å². The molecular weight excluding hydrogens is 248 g/mol. The van der Waals surface area contributed by atoms with Crippen molar-refractivity contribution >= 4 is 16.8 Å². The van der Waals surface area contributed by atoms with Crippen LogP contribution in [0, 0.1) is 0 Å². The lowest BCUT2D eigenvalue weighted by Crippen LogP contribution is -2.35. The molecular formula is C14H12O5. The van der Waals surface area contributed by atoms with E-state index in [0.717, 1.165) is 0 Å². The first-order chi connectivity index (χ1) is 8.87. The standard InChI is InChI=1S/C14H12O5/c1-14(2)6-8(15)12-10(19-14)5-9-7(13(12)17)3-4-11(16)18-9/h3-5,17H,6H2,1-2H3. The lowest BCUT2D eigenvalue weighted by Gasteiger charge is -2.31. The van der Waals surface area contributed by atoms with Gasteiger partial charge in [-0.15, -0.1) is 0 Å². The maximum Gasteiger partial charge on any atom is 0.336 e. The number of phenols is 1. The van der Waals surface area contributed by atoms with E-state index in [4.69, 9.17) is 9.15 Å². The molecule has 0 aliphatic carbocycles. The highest BCUT2D eigenvalue weighted by atomic mass is 16.5. The molecule has 1 aliphatic rings. The first kappa shape index (κ1) is 11.8. The number of carbonyl (C=O) groups excluding carboxylic acids is 1. The number of ether oxygens (including phenoxy) is 1. The number of benzene rings is 1. The van der Waals surface area contributed by atoms with Crippen LogP contribution in [0.15, 0.2) is 27.4 Å². The summed E-state index contributed by atoms with van der Waals surface area (Å²) in [5.41, 5.74) is -0.803. The summed E-state index contributed by atoms with van der Waals surface area (Å²) in [7, 11) is 0. The maximum absolute atomic E-state index is 12.1. The largest absolute Gasteiger partial charge is 0.506 e. The van der Waals surface area contributed by atoms with Crippen molar-refractivity contribution in [2.75, 3.05) is 0 Å². The van der Waals surface area contributed by atoms with Crippen LogP contribution in [0.5, 0.6) is 11.5 Å². The highest BCUT2D eigenvalue weighted by Crippen LogP contribution is 2.42. The second kappa shape index (κ2) is 3.60. The summed E-state index contributed by atoms with van der Waals surface area (Å²) in [5, 5.41) is 10.5. The quantitative estimate of drug-likeness (QED) is 0.735. The molecule has 0 amide bonds. The summed E-state index contributed by atoms with van der Waals surface area (Å²) in [5.74, 6) is -0.130. The number of hydrogen-bond acceptors (Lipinski definition) is 5. The molecule has 0 unspecified atom stereocenters. The fourth-order valence-corrected chi connectivity index (χ4v) is 2.34. The molecule has 19 heavy (non-hydrogen) atoms. The number of Topliss-reactive ketones (excluding diaryl/α,β-unsaturated/α-hetero) is 1. The minimum Gasteiger partial charge on any atom is -0.506 e. The van der Waals surface area contributed by atoms with Crippen molar-refractivity contribution in [2.45, 2.75) is 25.9 Å². The molecule has 2 aromatic rings. The smallest absolute Gasteiger partial charge is 0.336 e. The van der Waals surface area contributed by atoms with Crippen molar-refractivity contribution in [2.24, 2.45) is 0 Å². The molecule has 0 radical (unpaired) electrons. The van der Waals surface area contributed by atoms with E-state index in [1.165, 1.54) is 18.2 Å². The molecule has 5 nitrogen and oxygen atoms in total. The summed E-state index contributed by atoms with van der Waals surface area (Å²) in [6.07, 6.45) is 0.190. The van der Waals surface area contributed by atoms with Crippen molar-refractivity contribution in [3.05, 3.63) is 34.2 Å². The zero-order chi connectivity index (χ0) is 13.8. The average Bonchev–Trinajstić information content (AvgIpc) is 2.25. The molecule has 0 fully saturated rings. The number of fused-ring (bicyclic) bond motifs is 2. The number of hydrogen-bond donors (Lipinski definition) is 1. The van der Waals surface area contributed by atoms with Gasteiger partial charge in [0.2, 0.25) is 0 Å². The second-order valence-corrected chi connectivity index (χ2v) is 5.23. The van der Waals surface area contributed by atoms with Crippen LogP contribution in [0.4, 0.5) is 0 Å². The number of ketones is 1. The Balaban J connectivity index is 2.36. The van der Waals surface area contributed by atoms with E-state index in [1.807, 2.05) is 0 Å². The van der Waals surface area contributed by atoms with Gasteiger partial charge in [0.05, 0.1) is 11.8 Å². The summed E-state index contributed by atoms with van der Waals surface area (Å²) >= 11 is 0. The Morgan fingerprint density at radius 1 is 1.26 bits per heavy atom. The highest BCUT2D eigenvalue weighted by Gasteiger charge is 2.35. The summed E-state index contributed by atoms with van der Waals surface area (Å²) < 4.78 is 10.7. The van der Waals surface area contributed by atoms with Gasteiger partial charge in [-0.1, -0.05) is 0 Å². The Hall–Kier alpha value is -2.30. The van der Waals surface area contributed by atoms with Gasteiger partial charge in [0.1, 0.15) is 28.2 Å². The van der Waals surface area contributed by atoms with Gasteiger partial charge in [0, 0.05) is 12.1 Å². The first-order valence-corrected chi connectivity index (χ1v) is 5.89. The third-order valence-corrected chi connectivity index (χ3v) is 3.11. The topological polar surface area (TPSA) is 76.7 Å². The van der Waals surface area contributed by atoms with Crippen molar-refractivity contribution in [1.29, 1.82) is 0 Å². The Kier molecular flexibility index (Phi) is 2.23. The monoisotopic (exact) mass is 260 g/mol. The Bertz CT molecular complexity index is 754. The van der Waals surface area contributed by atoms with Gasteiger partial charge in [-0.3, -0.25) is 4.79 Å². The molecule has 0 atom stereocenters. The van der Waals surface area contributed by atoms with E-state index in [0.29, 0.717) is 5.39 Å². The minimum absolute atomic E-state index is 0.153. The minimum atomic E-state index is -0.640. The third kappa shape index (κ3) is 1.78. The average molecular weight is 260 g/mol. The van der Waals surface area contributed by atoms with Gasteiger partial charge in [-0.2, -0.15) is 0 Å². The lowest BCUT2D eigenvalue weighted by atomic mass is 9.91. The molecule has 0 spiro atoms. The summed E-state index contributed by atoms with van der Waals surface area (Å²) in [4.78, 5) is 23.3. The van der Waals surface area contributed by atoms with Crippen molar-refractivity contribution < 1.29 is 19.1 Å². The molecule has 0 bridgehead atoms. The van der Waals surface area contributed by atoms with Gasteiger partial charge >= 0.3 is 5.63 Å². The fraction of sp³-hybridized carbons (Fsp3) is 0.286. The number of carbonyl (C=O) groups is 1. The van der Waals surface area contributed by atoms with Crippen molar-refractivity contribution in [1.82, 2.24) is 0 Å². The van der Waals surface area contributed by atoms with E-state index in [1.54, 1.807) is 13.8 Å². The number of aromatic hydroxyl groups is 1. The molecule has 1 aromatic heterocycles. The van der Waals surface area contributed by atoms with Crippen LogP contribution in [-0.2, 0) is 0 Å². The van der Waals surface area contributed by atoms with Crippen molar-refractivity contribution in [3.63, 3.8) is 0 Å². The Morgan fingerprint density at radius 3 is 2.74 bits per heavy atom. The van der Waals surface area contributed by atoms with Gasteiger partial charge in [0.15, 0.2) is 5.78 Å². The molecule has 98 valence electrons. The highest BCUT2D eigenvalue weighted by molar-refractivity contribution is 6.07. The maximum atomic E-state index is 12.1. The van der Waals surface area contributed by atoms with Crippen LogP contribution >= 0.6 is 0 Å². The predicted molar refractivity (Wildman–Crippen MR) is 67.8 cm³/mol. The zero-order valence-electron chi connectivity index (χ0n) is 10.5. The van der Waals surface area contributed by atoms with Gasteiger partial charge < -0.3 is 14.3 Å². The molecule has 1 aromatic carbocycles. The number of phenolic OH excluding ortho intramolecular Hbond substituents is 1. The summed E-state index contributed by atoms with van der Waals surface area (Å²) in [6.45, 7) is 3.58. The second-order valence-electron chi connectivity index (χ2n) is 5.23. The Morgan fingerprint density at radius 2 is 2.00 bits per heavy atom. The Labute approximate surface area is 108 Å². The van der Waals surface area contributed by atoms with E-state index in [2.05, 4.69) is 0 Å². The molecule has 2 heterocycles. The van der Waals surface area contributed by atoms with Crippen molar-refractivity contribution in [3.8, 4) is 11.5 Å². The van der Waals surface area contributed by atoms with E-state index >= 15 is 0 Å². The fourth-order valence-electron chi connectivity index (χ4n) is 2.34. The molecule has 0 saturated heterocycles. The zero-order valence-corrected chi connectivity index (χ0v) is 10.5. The first-order valence-electron chi connectivity index (χ1n) is 5.89. The molecule has 5 heteroatoms.